The number of ether oxygens (including phenoxy) is 1. The number of nitrogens with zero attached hydrogens (tertiary/aromatic N) is 1. The van der Waals surface area contributed by atoms with E-state index in [1.165, 1.54) is 12.1 Å². The van der Waals surface area contributed by atoms with E-state index in [0.717, 1.165) is 19.3 Å². The first-order valence-electron chi connectivity index (χ1n) is 6.51. The number of primary sulfonamides is 1. The molecular formula is C12H15N3O5S. The third-order valence-electron chi connectivity index (χ3n) is 4.15. The highest BCUT2D eigenvalue weighted by Gasteiger charge is 2.53. The molecule has 1 aromatic rings. The molecule has 21 heavy (non-hydrogen) atoms. The van der Waals surface area contributed by atoms with Crippen molar-refractivity contribution in [1.29, 1.82) is 0 Å². The number of hydrogen-bond acceptors (Lipinski definition) is 6. The molecule has 0 aromatic heterocycles. The summed E-state index contributed by atoms with van der Waals surface area (Å²) in [5.41, 5.74) is 0.0156. The van der Waals surface area contributed by atoms with Crippen molar-refractivity contribution >= 4 is 21.4 Å². The van der Waals surface area contributed by atoms with Crippen molar-refractivity contribution in [1.82, 2.24) is 0 Å². The summed E-state index contributed by atoms with van der Waals surface area (Å²) in [6, 6.07) is 3.63. The first-order valence-corrected chi connectivity index (χ1v) is 8.05. The number of sulfonamides is 1. The molecule has 9 heteroatoms. The summed E-state index contributed by atoms with van der Waals surface area (Å²) in [6.07, 6.45) is 0. The van der Waals surface area contributed by atoms with Gasteiger partial charge < -0.3 is 10.1 Å². The van der Waals surface area contributed by atoms with Crippen LogP contribution in [0.15, 0.2) is 23.1 Å². The minimum atomic E-state index is -3.96. The number of fused-ring (bicyclic) bond motifs is 1. The van der Waals surface area contributed by atoms with Crippen molar-refractivity contribution in [3.63, 3.8) is 0 Å². The Morgan fingerprint density at radius 2 is 2.05 bits per heavy atom. The van der Waals surface area contributed by atoms with Gasteiger partial charge in [-0.3, -0.25) is 10.1 Å². The van der Waals surface area contributed by atoms with Gasteiger partial charge in [0.15, 0.2) is 0 Å². The van der Waals surface area contributed by atoms with Crippen LogP contribution in [0, 0.1) is 27.9 Å². The van der Waals surface area contributed by atoms with E-state index in [0.29, 0.717) is 30.0 Å². The van der Waals surface area contributed by atoms with Gasteiger partial charge in [-0.2, -0.15) is 0 Å². The van der Waals surface area contributed by atoms with Crippen LogP contribution < -0.4 is 10.5 Å². The third-order valence-corrected chi connectivity index (χ3v) is 5.06. The van der Waals surface area contributed by atoms with Crippen LogP contribution in [0.3, 0.4) is 0 Å². The predicted octanol–water partition coefficient (Wildman–Crippen LogP) is 0.547. The molecule has 1 saturated carbocycles. The Balaban J connectivity index is 1.76. The fourth-order valence-electron chi connectivity index (χ4n) is 2.88. The molecule has 0 amide bonds. The van der Waals surface area contributed by atoms with Gasteiger partial charge in [0.05, 0.1) is 23.0 Å². The van der Waals surface area contributed by atoms with Gasteiger partial charge in [-0.1, -0.05) is 0 Å². The Morgan fingerprint density at radius 1 is 1.38 bits per heavy atom. The summed E-state index contributed by atoms with van der Waals surface area (Å²) in [5, 5.41) is 19.1. The molecule has 3 atom stereocenters. The summed E-state index contributed by atoms with van der Waals surface area (Å²) < 4.78 is 27.8. The third kappa shape index (κ3) is 2.71. The Labute approximate surface area is 121 Å². The van der Waals surface area contributed by atoms with E-state index in [-0.39, 0.29) is 10.6 Å². The highest BCUT2D eigenvalue weighted by Crippen LogP contribution is 2.50. The van der Waals surface area contributed by atoms with Gasteiger partial charge in [0.2, 0.25) is 10.0 Å². The lowest BCUT2D eigenvalue weighted by molar-refractivity contribution is -0.384. The molecule has 1 saturated heterocycles. The van der Waals surface area contributed by atoms with Gasteiger partial charge in [0.1, 0.15) is 5.69 Å². The molecule has 3 rings (SSSR count). The summed E-state index contributed by atoms with van der Waals surface area (Å²) >= 11 is 0. The van der Waals surface area contributed by atoms with Gasteiger partial charge in [0.25, 0.3) is 5.69 Å². The minimum absolute atomic E-state index is 0.267. The van der Waals surface area contributed by atoms with Crippen molar-refractivity contribution in [2.45, 2.75) is 4.90 Å². The van der Waals surface area contributed by atoms with Gasteiger partial charge in [0, 0.05) is 12.6 Å². The van der Waals surface area contributed by atoms with Crippen molar-refractivity contribution in [2.75, 3.05) is 25.1 Å². The van der Waals surface area contributed by atoms with Gasteiger partial charge in [-0.25, -0.2) is 13.6 Å². The molecule has 8 nitrogen and oxygen atoms in total. The number of nitro benzene ring substituents is 1. The zero-order valence-corrected chi connectivity index (χ0v) is 11.9. The molecule has 114 valence electrons. The topological polar surface area (TPSA) is 125 Å². The molecule has 0 radical (unpaired) electrons. The second kappa shape index (κ2) is 4.93. The second-order valence-corrected chi connectivity index (χ2v) is 6.95. The van der Waals surface area contributed by atoms with Gasteiger partial charge in [-0.15, -0.1) is 0 Å². The maximum atomic E-state index is 11.2. The molecule has 2 aliphatic rings. The van der Waals surface area contributed by atoms with Crippen LogP contribution in [0.1, 0.15) is 0 Å². The maximum absolute atomic E-state index is 11.2. The van der Waals surface area contributed by atoms with E-state index in [4.69, 9.17) is 9.88 Å². The Kier molecular flexibility index (Phi) is 3.34. The van der Waals surface area contributed by atoms with Crippen molar-refractivity contribution in [3.8, 4) is 0 Å². The average Bonchev–Trinajstić information content (AvgIpc) is 2.84. The van der Waals surface area contributed by atoms with E-state index in [1.807, 2.05) is 0 Å². The number of anilines is 1. The quantitative estimate of drug-likeness (QED) is 0.604. The van der Waals surface area contributed by atoms with Crippen LogP contribution in [-0.2, 0) is 14.8 Å². The van der Waals surface area contributed by atoms with Gasteiger partial charge in [-0.05, 0) is 29.9 Å². The zero-order chi connectivity index (χ0) is 15.2. The standard InChI is InChI=1S/C12H15N3O5S/c13-21(18,19)7-1-2-11(12(3-7)15(16)17)14-4-8-9-5-20-6-10(8)9/h1-3,8-10,14H,4-6H2,(H2,13,18,19)/t8?,9-,10?/m0/s1. The molecule has 1 heterocycles. The SMILES string of the molecule is NS(=O)(=O)c1ccc(NCC2C3COC[C@@H]23)c([N+](=O)[O-])c1. The number of benzene rings is 1. The van der Waals surface area contributed by atoms with Crippen molar-refractivity contribution in [3.05, 3.63) is 28.3 Å². The molecule has 2 unspecified atom stereocenters. The smallest absolute Gasteiger partial charge is 0.293 e. The molecule has 1 aromatic carbocycles. The number of nitro groups is 1. The van der Waals surface area contributed by atoms with Crippen LogP contribution in [0.2, 0.25) is 0 Å². The molecule has 0 spiro atoms. The zero-order valence-electron chi connectivity index (χ0n) is 11.1. The van der Waals surface area contributed by atoms with Crippen LogP contribution in [-0.4, -0.2) is 33.1 Å². The van der Waals surface area contributed by atoms with E-state index in [9.17, 15) is 18.5 Å². The van der Waals surface area contributed by atoms with Crippen LogP contribution >= 0.6 is 0 Å². The normalized spacial score (nSPS) is 27.2. The number of rotatable bonds is 5. The van der Waals surface area contributed by atoms with E-state index in [2.05, 4.69) is 5.32 Å². The van der Waals surface area contributed by atoms with E-state index < -0.39 is 14.9 Å². The molecule has 1 aliphatic carbocycles. The molecule has 1 aliphatic heterocycles. The summed E-state index contributed by atoms with van der Waals surface area (Å²) in [6.45, 7) is 2.13. The highest BCUT2D eigenvalue weighted by molar-refractivity contribution is 7.89. The van der Waals surface area contributed by atoms with Crippen molar-refractivity contribution < 1.29 is 18.1 Å². The number of hydrogen-bond donors (Lipinski definition) is 2. The van der Waals surface area contributed by atoms with Crippen LogP contribution in [0.5, 0.6) is 0 Å². The summed E-state index contributed by atoms with van der Waals surface area (Å²) in [7, 11) is -3.96. The average molecular weight is 313 g/mol. The fraction of sp³-hybridized carbons (Fsp3) is 0.500. The lowest BCUT2D eigenvalue weighted by atomic mass is 10.2. The summed E-state index contributed by atoms with van der Waals surface area (Å²) in [4.78, 5) is 10.2. The Bertz CT molecular complexity index is 680. The van der Waals surface area contributed by atoms with E-state index >= 15 is 0 Å². The highest BCUT2D eigenvalue weighted by atomic mass is 32.2. The Morgan fingerprint density at radius 3 is 2.62 bits per heavy atom. The molecule has 3 N–H and O–H groups in total. The monoisotopic (exact) mass is 313 g/mol. The lowest BCUT2D eigenvalue weighted by Gasteiger charge is -2.09. The predicted molar refractivity (Wildman–Crippen MR) is 74.2 cm³/mol. The van der Waals surface area contributed by atoms with Crippen molar-refractivity contribution in [2.24, 2.45) is 22.9 Å². The Hall–Kier alpha value is -1.71. The number of nitrogens with one attached hydrogen (secondary N) is 1. The summed E-state index contributed by atoms with van der Waals surface area (Å²) in [5.74, 6) is 1.55. The van der Waals surface area contributed by atoms with Crippen LogP contribution in [0.25, 0.3) is 0 Å². The fourth-order valence-corrected chi connectivity index (χ4v) is 3.41. The minimum Gasteiger partial charge on any atom is -0.381 e. The molecule has 0 bridgehead atoms. The van der Waals surface area contributed by atoms with Crippen LogP contribution in [0.4, 0.5) is 11.4 Å². The van der Waals surface area contributed by atoms with E-state index in [1.54, 1.807) is 0 Å². The first kappa shape index (κ1) is 14.2. The first-order chi connectivity index (χ1) is 9.88. The second-order valence-electron chi connectivity index (χ2n) is 5.39. The molecule has 2 fully saturated rings. The number of nitrogens with two attached hydrogens (primary N) is 1. The molecular weight excluding hydrogens is 298 g/mol. The lowest BCUT2D eigenvalue weighted by Crippen LogP contribution is -2.14. The van der Waals surface area contributed by atoms with Gasteiger partial charge >= 0.3 is 0 Å². The largest absolute Gasteiger partial charge is 0.381 e. The maximum Gasteiger partial charge on any atom is 0.293 e.